The molecule has 36 heavy (non-hydrogen) atoms. The number of hydrogen-bond donors (Lipinski definition) is 1. The van der Waals surface area contributed by atoms with E-state index in [1.54, 1.807) is 12.1 Å². The molecule has 0 aliphatic heterocycles. The number of carbonyl (C=O) groups excluding carboxylic acids is 2. The van der Waals surface area contributed by atoms with Gasteiger partial charge in [0, 0.05) is 13.1 Å². The van der Waals surface area contributed by atoms with Crippen molar-refractivity contribution in [3.05, 3.63) is 65.2 Å². The molecule has 2 rings (SSSR count). The van der Waals surface area contributed by atoms with Crippen molar-refractivity contribution >= 4 is 27.5 Å². The highest BCUT2D eigenvalue weighted by Gasteiger charge is 2.33. The SMILES string of the molecule is CCCCNC(=O)[C@@H](C)N(Cc1ccc(C)cc1)C(=O)CN(c1cccc(C(F)(F)F)c1)S(C)(=O)=O. The van der Waals surface area contributed by atoms with E-state index in [1.165, 1.54) is 17.9 Å². The Labute approximate surface area is 210 Å². The van der Waals surface area contributed by atoms with Crippen molar-refractivity contribution in [3.63, 3.8) is 0 Å². The van der Waals surface area contributed by atoms with E-state index < -0.39 is 46.2 Å². The fraction of sp³-hybridized carbons (Fsp3) is 0.440. The van der Waals surface area contributed by atoms with E-state index in [9.17, 15) is 31.2 Å². The Balaban J connectivity index is 2.39. The largest absolute Gasteiger partial charge is 0.416 e. The van der Waals surface area contributed by atoms with E-state index in [-0.39, 0.29) is 12.2 Å². The fourth-order valence-electron chi connectivity index (χ4n) is 3.46. The molecular formula is C25H32F3N3O4S. The van der Waals surface area contributed by atoms with Crippen molar-refractivity contribution in [2.45, 2.75) is 52.4 Å². The first-order valence-corrected chi connectivity index (χ1v) is 13.4. The minimum atomic E-state index is -4.69. The number of nitrogens with one attached hydrogen (secondary N) is 1. The summed E-state index contributed by atoms with van der Waals surface area (Å²) in [5.41, 5.74) is 0.374. The number of aryl methyl sites for hydroxylation is 1. The van der Waals surface area contributed by atoms with Crippen molar-refractivity contribution in [2.75, 3.05) is 23.7 Å². The molecule has 0 spiro atoms. The Morgan fingerprint density at radius 1 is 1.08 bits per heavy atom. The zero-order chi connectivity index (χ0) is 27.1. The fourth-order valence-corrected chi connectivity index (χ4v) is 4.30. The molecule has 198 valence electrons. The lowest BCUT2D eigenvalue weighted by atomic mass is 10.1. The zero-order valence-corrected chi connectivity index (χ0v) is 21.6. The summed E-state index contributed by atoms with van der Waals surface area (Å²) in [7, 11) is -4.13. The van der Waals surface area contributed by atoms with Gasteiger partial charge in [-0.1, -0.05) is 49.2 Å². The molecule has 2 amide bonds. The van der Waals surface area contributed by atoms with Gasteiger partial charge < -0.3 is 10.2 Å². The van der Waals surface area contributed by atoms with Crippen LogP contribution in [0.25, 0.3) is 0 Å². The van der Waals surface area contributed by atoms with Crippen molar-refractivity contribution < 1.29 is 31.2 Å². The summed E-state index contributed by atoms with van der Waals surface area (Å²) in [4.78, 5) is 27.4. The van der Waals surface area contributed by atoms with Gasteiger partial charge in [-0.3, -0.25) is 13.9 Å². The average molecular weight is 528 g/mol. The Kier molecular flexibility index (Phi) is 9.92. The number of anilines is 1. The third-order valence-electron chi connectivity index (χ3n) is 5.61. The van der Waals surface area contributed by atoms with E-state index in [2.05, 4.69) is 5.32 Å². The molecule has 2 aromatic rings. The van der Waals surface area contributed by atoms with Crippen LogP contribution in [-0.2, 0) is 32.3 Å². The first-order chi connectivity index (χ1) is 16.7. The molecule has 1 N–H and O–H groups in total. The number of amides is 2. The van der Waals surface area contributed by atoms with Crippen LogP contribution in [0.3, 0.4) is 0 Å². The van der Waals surface area contributed by atoms with E-state index in [0.29, 0.717) is 22.5 Å². The van der Waals surface area contributed by atoms with Crippen LogP contribution in [0.15, 0.2) is 48.5 Å². The second kappa shape index (κ2) is 12.2. The number of unbranched alkanes of at least 4 members (excludes halogenated alkanes) is 1. The number of hydrogen-bond acceptors (Lipinski definition) is 4. The Bertz CT molecular complexity index is 1150. The number of benzene rings is 2. The predicted molar refractivity (Wildman–Crippen MR) is 133 cm³/mol. The first-order valence-electron chi connectivity index (χ1n) is 11.5. The van der Waals surface area contributed by atoms with Crippen LogP contribution >= 0.6 is 0 Å². The van der Waals surface area contributed by atoms with Gasteiger partial charge in [0.15, 0.2) is 0 Å². The molecule has 1 atom stereocenters. The monoisotopic (exact) mass is 527 g/mol. The summed E-state index contributed by atoms with van der Waals surface area (Å²) in [6.07, 6.45) is -2.26. The maximum absolute atomic E-state index is 13.4. The first kappa shape index (κ1) is 29.2. The molecule has 0 aliphatic carbocycles. The third kappa shape index (κ3) is 8.25. The van der Waals surface area contributed by atoms with Gasteiger partial charge >= 0.3 is 6.18 Å². The molecule has 0 saturated heterocycles. The van der Waals surface area contributed by atoms with Gasteiger partial charge in [0.25, 0.3) is 0 Å². The standard InChI is InChI=1S/C25H32F3N3O4S/c1-5-6-14-29-24(33)19(3)30(16-20-12-10-18(2)11-13-20)23(32)17-31(36(4,34)35)22-9-7-8-21(15-22)25(26,27)28/h7-13,15,19H,5-6,14,16-17H2,1-4H3,(H,29,33)/t19-/m1/s1. The quantitative estimate of drug-likeness (QED) is 0.446. The average Bonchev–Trinajstić information content (AvgIpc) is 2.80. The summed E-state index contributed by atoms with van der Waals surface area (Å²) in [5.74, 6) is -1.13. The molecule has 0 unspecified atom stereocenters. The van der Waals surface area contributed by atoms with Gasteiger partial charge in [-0.25, -0.2) is 8.42 Å². The molecule has 0 saturated carbocycles. The van der Waals surface area contributed by atoms with E-state index in [1.807, 2.05) is 26.0 Å². The van der Waals surface area contributed by atoms with Crippen LogP contribution in [0.5, 0.6) is 0 Å². The van der Waals surface area contributed by atoms with Gasteiger partial charge in [-0.15, -0.1) is 0 Å². The molecular weight excluding hydrogens is 495 g/mol. The molecule has 0 aliphatic rings. The number of rotatable bonds is 11. The number of nitrogens with zero attached hydrogens (tertiary/aromatic N) is 2. The topological polar surface area (TPSA) is 86.8 Å². The highest BCUT2D eigenvalue weighted by atomic mass is 32.2. The lowest BCUT2D eigenvalue weighted by Gasteiger charge is -2.31. The number of halogens is 3. The molecule has 0 radical (unpaired) electrons. The van der Waals surface area contributed by atoms with Crippen LogP contribution in [-0.4, -0.2) is 50.5 Å². The van der Waals surface area contributed by atoms with Crippen LogP contribution in [0.2, 0.25) is 0 Å². The van der Waals surface area contributed by atoms with Gasteiger partial charge in [0.2, 0.25) is 21.8 Å². The van der Waals surface area contributed by atoms with Crippen LogP contribution in [0.4, 0.5) is 18.9 Å². The van der Waals surface area contributed by atoms with Gasteiger partial charge in [-0.05, 0) is 44.0 Å². The van der Waals surface area contributed by atoms with E-state index in [0.717, 1.165) is 36.8 Å². The molecule has 0 fully saturated rings. The lowest BCUT2D eigenvalue weighted by Crippen LogP contribution is -2.51. The normalized spacial score (nSPS) is 12.6. The van der Waals surface area contributed by atoms with Crippen molar-refractivity contribution in [3.8, 4) is 0 Å². The summed E-state index contributed by atoms with van der Waals surface area (Å²) in [6.45, 7) is 5.07. The van der Waals surface area contributed by atoms with Crippen molar-refractivity contribution in [2.24, 2.45) is 0 Å². The maximum atomic E-state index is 13.4. The smallest absolute Gasteiger partial charge is 0.354 e. The summed E-state index contributed by atoms with van der Waals surface area (Å²) in [6, 6.07) is 10.1. The van der Waals surface area contributed by atoms with E-state index >= 15 is 0 Å². The lowest BCUT2D eigenvalue weighted by molar-refractivity contribution is -0.139. The Morgan fingerprint density at radius 2 is 1.72 bits per heavy atom. The van der Waals surface area contributed by atoms with Gasteiger partial charge in [0.05, 0.1) is 17.5 Å². The number of sulfonamides is 1. The maximum Gasteiger partial charge on any atom is 0.416 e. The summed E-state index contributed by atoms with van der Waals surface area (Å²) >= 11 is 0. The highest BCUT2D eigenvalue weighted by molar-refractivity contribution is 7.92. The Hall–Kier alpha value is -3.08. The zero-order valence-electron chi connectivity index (χ0n) is 20.8. The minimum absolute atomic E-state index is 0.0155. The van der Waals surface area contributed by atoms with Crippen molar-refractivity contribution in [1.29, 1.82) is 0 Å². The number of alkyl halides is 3. The van der Waals surface area contributed by atoms with Gasteiger partial charge in [0.1, 0.15) is 12.6 Å². The van der Waals surface area contributed by atoms with Crippen molar-refractivity contribution in [1.82, 2.24) is 10.2 Å². The molecule has 7 nitrogen and oxygen atoms in total. The molecule has 0 aromatic heterocycles. The molecule has 0 heterocycles. The third-order valence-corrected chi connectivity index (χ3v) is 6.75. The molecule has 11 heteroatoms. The molecule has 0 bridgehead atoms. The van der Waals surface area contributed by atoms with Crippen LogP contribution in [0, 0.1) is 6.92 Å². The second-order valence-corrected chi connectivity index (χ2v) is 10.6. The summed E-state index contributed by atoms with van der Waals surface area (Å²) < 4.78 is 65.3. The van der Waals surface area contributed by atoms with Crippen LogP contribution in [0.1, 0.15) is 43.4 Å². The highest BCUT2D eigenvalue weighted by Crippen LogP contribution is 2.32. The summed E-state index contributed by atoms with van der Waals surface area (Å²) in [5, 5.41) is 2.76. The Morgan fingerprint density at radius 3 is 2.28 bits per heavy atom. The predicted octanol–water partition coefficient (Wildman–Crippen LogP) is 4.11. The van der Waals surface area contributed by atoms with Gasteiger partial charge in [-0.2, -0.15) is 13.2 Å². The van der Waals surface area contributed by atoms with Crippen LogP contribution < -0.4 is 9.62 Å². The minimum Gasteiger partial charge on any atom is -0.354 e. The number of carbonyl (C=O) groups is 2. The van der Waals surface area contributed by atoms with E-state index in [4.69, 9.17) is 0 Å². The second-order valence-electron chi connectivity index (χ2n) is 8.65. The molecule has 2 aromatic carbocycles.